The Hall–Kier alpha value is -3.91. The van der Waals surface area contributed by atoms with E-state index in [9.17, 15) is 14.4 Å². The molecule has 158 valence electrons. The Balaban J connectivity index is 1.38. The van der Waals surface area contributed by atoms with Gasteiger partial charge in [0.2, 0.25) is 5.78 Å². The summed E-state index contributed by atoms with van der Waals surface area (Å²) in [6.45, 7) is 0.0543. The lowest BCUT2D eigenvalue weighted by atomic mass is 10.1. The van der Waals surface area contributed by atoms with Crippen LogP contribution in [0.5, 0.6) is 0 Å². The highest BCUT2D eigenvalue weighted by molar-refractivity contribution is 6.33. The minimum absolute atomic E-state index is 0.0543. The number of hydrogen-bond donors (Lipinski definition) is 4. The highest BCUT2D eigenvalue weighted by Gasteiger charge is 2.18. The molecule has 0 amide bonds. The fraction of sp³-hybridized carbons (Fsp3) is 0.174. The third-order valence-electron chi connectivity index (χ3n) is 5.22. The van der Waals surface area contributed by atoms with Crippen molar-refractivity contribution < 1.29 is 24.2 Å². The van der Waals surface area contributed by atoms with Gasteiger partial charge in [-0.1, -0.05) is 30.3 Å². The Labute approximate surface area is 177 Å². The number of rotatable bonds is 8. The van der Waals surface area contributed by atoms with Crippen molar-refractivity contribution >= 4 is 39.5 Å². The van der Waals surface area contributed by atoms with Crippen LogP contribution in [0.4, 0.5) is 0 Å². The summed E-state index contributed by atoms with van der Waals surface area (Å²) < 4.78 is 5.38. The molecule has 0 fully saturated rings. The lowest BCUT2D eigenvalue weighted by Crippen LogP contribution is -2.34. The molecule has 2 aromatic carbocycles. The number of Topliss-reactive ketones (excluding diaryl/α,β-unsaturated/α-hetero) is 1. The van der Waals surface area contributed by atoms with E-state index in [-0.39, 0.29) is 13.0 Å². The Bertz CT molecular complexity index is 1290. The maximum atomic E-state index is 12.4. The van der Waals surface area contributed by atoms with E-state index in [2.05, 4.69) is 9.97 Å². The topological polar surface area (TPSA) is 138 Å². The number of ketones is 1. The first kappa shape index (κ1) is 20.4. The number of para-hydroxylation sites is 1. The van der Waals surface area contributed by atoms with Crippen LogP contribution >= 0.6 is 0 Å². The number of carboxylic acid groups (broad SMARTS) is 1. The normalized spacial score (nSPS) is 12.2. The number of nitrogens with one attached hydrogen (secondary N) is 2. The van der Waals surface area contributed by atoms with Crippen molar-refractivity contribution in [2.45, 2.75) is 25.5 Å². The first-order valence-corrected chi connectivity index (χ1v) is 9.74. The smallest absolute Gasteiger partial charge is 0.372 e. The van der Waals surface area contributed by atoms with Crippen LogP contribution in [0.25, 0.3) is 21.8 Å². The van der Waals surface area contributed by atoms with Crippen LogP contribution in [0.1, 0.15) is 16.7 Å². The number of fused-ring (bicyclic) bond motifs is 2. The number of esters is 1. The van der Waals surface area contributed by atoms with Crippen molar-refractivity contribution in [2.24, 2.45) is 5.73 Å². The minimum atomic E-state index is -1.46. The molecule has 4 rings (SSSR count). The number of aromatic nitrogens is 2. The van der Waals surface area contributed by atoms with Gasteiger partial charge in [0.1, 0.15) is 12.6 Å². The molecule has 0 spiro atoms. The molecule has 2 heterocycles. The zero-order valence-corrected chi connectivity index (χ0v) is 16.6. The molecule has 0 bridgehead atoms. The molecule has 1 atom stereocenters. The number of carbonyl (C=O) groups is 3. The average molecular weight is 419 g/mol. The van der Waals surface area contributed by atoms with Crippen molar-refractivity contribution in [3.63, 3.8) is 0 Å². The summed E-state index contributed by atoms with van der Waals surface area (Å²) >= 11 is 0. The molecule has 8 heteroatoms. The summed E-state index contributed by atoms with van der Waals surface area (Å²) in [6.07, 6.45) is 3.63. The molecule has 0 saturated heterocycles. The second-order valence-electron chi connectivity index (χ2n) is 7.38. The Morgan fingerprint density at radius 2 is 1.68 bits per heavy atom. The average Bonchev–Trinajstić information content (AvgIpc) is 3.36. The van der Waals surface area contributed by atoms with Crippen molar-refractivity contribution in [2.75, 3.05) is 0 Å². The molecule has 1 unspecified atom stereocenters. The van der Waals surface area contributed by atoms with Gasteiger partial charge >= 0.3 is 11.9 Å². The highest BCUT2D eigenvalue weighted by atomic mass is 16.5. The number of H-pyrrole nitrogens is 2. The summed E-state index contributed by atoms with van der Waals surface area (Å²) in [5, 5.41) is 10.6. The Kier molecular flexibility index (Phi) is 5.55. The van der Waals surface area contributed by atoms with Crippen LogP contribution in [0.2, 0.25) is 0 Å². The molecule has 0 radical (unpaired) electrons. The largest absolute Gasteiger partial charge is 0.475 e. The second kappa shape index (κ2) is 8.45. The maximum absolute atomic E-state index is 12.4. The van der Waals surface area contributed by atoms with E-state index in [1.54, 1.807) is 24.4 Å². The van der Waals surface area contributed by atoms with Gasteiger partial charge in [-0.05, 0) is 28.8 Å². The molecule has 31 heavy (non-hydrogen) atoms. The monoisotopic (exact) mass is 419 g/mol. The molecule has 2 aromatic heterocycles. The fourth-order valence-electron chi connectivity index (χ4n) is 3.60. The molecule has 0 aliphatic heterocycles. The van der Waals surface area contributed by atoms with E-state index >= 15 is 0 Å². The second-order valence-corrected chi connectivity index (χ2v) is 7.38. The van der Waals surface area contributed by atoms with E-state index < -0.39 is 23.8 Å². The van der Waals surface area contributed by atoms with Crippen molar-refractivity contribution in [1.29, 1.82) is 0 Å². The van der Waals surface area contributed by atoms with Crippen LogP contribution in [-0.4, -0.2) is 38.8 Å². The quantitative estimate of drug-likeness (QED) is 0.256. The number of ether oxygens (including phenoxy) is 1. The predicted molar refractivity (Wildman–Crippen MR) is 114 cm³/mol. The number of carboxylic acids is 1. The van der Waals surface area contributed by atoms with Crippen LogP contribution < -0.4 is 5.73 Å². The zero-order valence-electron chi connectivity index (χ0n) is 16.6. The standard InChI is InChI=1S/C23H21N3O5/c24-18(8-14-10-25-19-4-2-1-3-16(14)19)23(30)31-12-13-5-6-17-15(9-21(27)22(28)29)11-26-20(17)7-13/h1-7,10-11,18,25-26H,8-9,12,24H2,(H,28,29). The summed E-state index contributed by atoms with van der Waals surface area (Å²) in [5.41, 5.74) is 10.1. The first-order valence-electron chi connectivity index (χ1n) is 9.74. The SMILES string of the molecule is NC(Cc1c[nH]c2ccccc12)C(=O)OCc1ccc2c(CC(=O)C(=O)O)c[nH]c2c1. The van der Waals surface area contributed by atoms with Gasteiger partial charge < -0.3 is 25.5 Å². The van der Waals surface area contributed by atoms with E-state index in [0.717, 1.165) is 32.9 Å². The number of nitrogens with two attached hydrogens (primary N) is 1. The molecule has 8 nitrogen and oxygen atoms in total. The van der Waals surface area contributed by atoms with Crippen LogP contribution in [0.3, 0.4) is 0 Å². The predicted octanol–water partition coefficient (Wildman–Crippen LogP) is 2.46. The van der Waals surface area contributed by atoms with Gasteiger partial charge in [-0.2, -0.15) is 0 Å². The Morgan fingerprint density at radius 1 is 0.968 bits per heavy atom. The maximum Gasteiger partial charge on any atom is 0.372 e. The molecule has 0 aliphatic rings. The van der Waals surface area contributed by atoms with Gasteiger partial charge in [0.15, 0.2) is 0 Å². The highest BCUT2D eigenvalue weighted by Crippen LogP contribution is 2.22. The number of aromatic amines is 2. The zero-order chi connectivity index (χ0) is 22.0. The lowest BCUT2D eigenvalue weighted by Gasteiger charge is -2.11. The number of hydrogen-bond acceptors (Lipinski definition) is 5. The van der Waals surface area contributed by atoms with Gasteiger partial charge in [0.25, 0.3) is 0 Å². The van der Waals surface area contributed by atoms with Crippen molar-refractivity contribution in [3.05, 3.63) is 71.5 Å². The number of carbonyl (C=O) groups excluding carboxylic acids is 2. The van der Waals surface area contributed by atoms with Crippen LogP contribution in [-0.2, 0) is 38.6 Å². The van der Waals surface area contributed by atoms with Crippen molar-refractivity contribution in [1.82, 2.24) is 9.97 Å². The van der Waals surface area contributed by atoms with Gasteiger partial charge in [0.05, 0.1) is 0 Å². The van der Waals surface area contributed by atoms with Crippen LogP contribution in [0.15, 0.2) is 54.9 Å². The summed E-state index contributed by atoms with van der Waals surface area (Å²) in [6, 6.07) is 12.3. The lowest BCUT2D eigenvalue weighted by molar-refractivity contribution is -0.148. The molecule has 0 saturated carbocycles. The van der Waals surface area contributed by atoms with Gasteiger partial charge in [-0.15, -0.1) is 0 Å². The molecular weight excluding hydrogens is 398 g/mol. The molecule has 0 aliphatic carbocycles. The number of aliphatic carboxylic acids is 1. The minimum Gasteiger partial charge on any atom is -0.475 e. The molecule has 5 N–H and O–H groups in total. The molecular formula is C23H21N3O5. The molecule has 4 aromatic rings. The van der Waals surface area contributed by atoms with Gasteiger partial charge in [-0.3, -0.25) is 9.59 Å². The Morgan fingerprint density at radius 3 is 2.48 bits per heavy atom. The fourth-order valence-corrected chi connectivity index (χ4v) is 3.60. The summed E-state index contributed by atoms with van der Waals surface area (Å²) in [7, 11) is 0. The van der Waals surface area contributed by atoms with Crippen molar-refractivity contribution in [3.8, 4) is 0 Å². The van der Waals surface area contributed by atoms with Gasteiger partial charge in [0, 0.05) is 47.0 Å². The summed E-state index contributed by atoms with van der Waals surface area (Å²) in [4.78, 5) is 40.8. The van der Waals surface area contributed by atoms with Crippen LogP contribution in [0, 0.1) is 0 Å². The van der Waals surface area contributed by atoms with Gasteiger partial charge in [-0.25, -0.2) is 4.79 Å². The van der Waals surface area contributed by atoms with E-state index in [4.69, 9.17) is 15.6 Å². The number of benzene rings is 2. The third kappa shape index (κ3) is 4.34. The van der Waals surface area contributed by atoms with E-state index in [1.807, 2.05) is 30.5 Å². The summed E-state index contributed by atoms with van der Waals surface area (Å²) in [5.74, 6) is -2.82. The van der Waals surface area contributed by atoms with E-state index in [0.29, 0.717) is 12.0 Å². The van der Waals surface area contributed by atoms with E-state index in [1.165, 1.54) is 0 Å². The first-order chi connectivity index (χ1) is 14.9. The third-order valence-corrected chi connectivity index (χ3v) is 5.22.